The molecule has 0 heterocycles. The smallest absolute Gasteiger partial charge is 0.244 e. The summed E-state index contributed by atoms with van der Waals surface area (Å²) in [5, 5.41) is 2.80. The molecule has 0 aliphatic heterocycles. The van der Waals surface area contributed by atoms with Crippen LogP contribution in [0.4, 0.5) is 5.69 Å². The van der Waals surface area contributed by atoms with Crippen molar-refractivity contribution in [1.82, 2.24) is 10.2 Å². The van der Waals surface area contributed by atoms with E-state index < -0.39 is 28.5 Å². The molecule has 2 aromatic carbocycles. The molecule has 1 atom stereocenters. The lowest BCUT2D eigenvalue weighted by atomic mass is 10.1. The minimum Gasteiger partial charge on any atom is -0.495 e. The van der Waals surface area contributed by atoms with Crippen LogP contribution in [0.15, 0.2) is 53.0 Å². The molecule has 8 nitrogen and oxygen atoms in total. The van der Waals surface area contributed by atoms with Crippen LogP contribution in [0, 0.1) is 0 Å². The van der Waals surface area contributed by atoms with Gasteiger partial charge in [-0.3, -0.25) is 13.9 Å². The largest absolute Gasteiger partial charge is 0.495 e. The van der Waals surface area contributed by atoms with Crippen molar-refractivity contribution in [3.05, 3.63) is 58.6 Å². The number of nitrogens with zero attached hydrogens (tertiary/aromatic N) is 2. The molecular formula is C23H30BrN3O5S. The molecule has 1 N–H and O–H groups in total. The van der Waals surface area contributed by atoms with Crippen LogP contribution in [0.1, 0.15) is 25.8 Å². The zero-order valence-corrected chi connectivity index (χ0v) is 21.6. The molecule has 10 heteroatoms. The van der Waals surface area contributed by atoms with Gasteiger partial charge in [-0.1, -0.05) is 47.1 Å². The molecular weight excluding hydrogens is 510 g/mol. The second-order valence-electron chi connectivity index (χ2n) is 7.56. The van der Waals surface area contributed by atoms with Crippen molar-refractivity contribution >= 4 is 43.5 Å². The Hall–Kier alpha value is -2.59. The van der Waals surface area contributed by atoms with E-state index in [0.717, 1.165) is 27.0 Å². The molecule has 0 unspecified atom stereocenters. The lowest BCUT2D eigenvalue weighted by Gasteiger charge is -2.31. The number of rotatable bonds is 11. The highest BCUT2D eigenvalue weighted by molar-refractivity contribution is 9.10. The van der Waals surface area contributed by atoms with Gasteiger partial charge in [-0.25, -0.2) is 8.42 Å². The molecule has 180 valence electrons. The van der Waals surface area contributed by atoms with Crippen molar-refractivity contribution in [3.63, 3.8) is 0 Å². The first kappa shape index (κ1) is 26.7. The number of para-hydroxylation sites is 2. The predicted molar refractivity (Wildman–Crippen MR) is 133 cm³/mol. The molecule has 2 amide bonds. The van der Waals surface area contributed by atoms with Gasteiger partial charge in [0.15, 0.2) is 0 Å². The van der Waals surface area contributed by atoms with Gasteiger partial charge in [0.1, 0.15) is 18.3 Å². The van der Waals surface area contributed by atoms with Gasteiger partial charge < -0.3 is 15.0 Å². The van der Waals surface area contributed by atoms with Crippen molar-refractivity contribution in [1.29, 1.82) is 0 Å². The zero-order chi connectivity index (χ0) is 24.6. The van der Waals surface area contributed by atoms with Crippen LogP contribution in [0.25, 0.3) is 0 Å². The lowest BCUT2D eigenvalue weighted by molar-refractivity contribution is -0.139. The summed E-state index contributed by atoms with van der Waals surface area (Å²) in [6.45, 7) is 3.72. The number of methoxy groups -OCH3 is 1. The van der Waals surface area contributed by atoms with E-state index in [0.29, 0.717) is 12.3 Å². The van der Waals surface area contributed by atoms with Crippen molar-refractivity contribution < 1.29 is 22.7 Å². The highest BCUT2D eigenvalue weighted by Gasteiger charge is 2.31. The minimum absolute atomic E-state index is 0.141. The molecule has 0 aromatic heterocycles. The number of hydrogen-bond donors (Lipinski definition) is 1. The summed E-state index contributed by atoms with van der Waals surface area (Å²) in [6.07, 6.45) is 1.79. The molecule has 2 rings (SSSR count). The van der Waals surface area contributed by atoms with Gasteiger partial charge in [-0.2, -0.15) is 0 Å². The number of hydrogen-bond acceptors (Lipinski definition) is 5. The number of halogens is 1. The van der Waals surface area contributed by atoms with Gasteiger partial charge in [0, 0.05) is 17.6 Å². The maximum atomic E-state index is 13.5. The van der Waals surface area contributed by atoms with Crippen molar-refractivity contribution in [2.24, 2.45) is 0 Å². The third-order valence-corrected chi connectivity index (χ3v) is 6.61. The van der Waals surface area contributed by atoms with Crippen molar-refractivity contribution in [2.45, 2.75) is 32.9 Å². The molecule has 0 fully saturated rings. The quantitative estimate of drug-likeness (QED) is 0.473. The fraction of sp³-hybridized carbons (Fsp3) is 0.391. The summed E-state index contributed by atoms with van der Waals surface area (Å²) in [5.41, 5.74) is 1.05. The molecule has 0 saturated carbocycles. The number of ether oxygens (including phenoxy) is 1. The topological polar surface area (TPSA) is 96.0 Å². The number of nitrogens with one attached hydrogen (secondary N) is 1. The van der Waals surface area contributed by atoms with Crippen LogP contribution in [0.5, 0.6) is 5.75 Å². The number of carbonyl (C=O) groups is 2. The lowest BCUT2D eigenvalue weighted by Crippen LogP contribution is -2.51. The Morgan fingerprint density at radius 1 is 1.15 bits per heavy atom. The average molecular weight is 540 g/mol. The van der Waals surface area contributed by atoms with Gasteiger partial charge in [0.05, 0.1) is 19.1 Å². The van der Waals surface area contributed by atoms with Crippen LogP contribution in [0.2, 0.25) is 0 Å². The summed E-state index contributed by atoms with van der Waals surface area (Å²) >= 11 is 3.42. The fourth-order valence-electron chi connectivity index (χ4n) is 3.24. The normalized spacial score (nSPS) is 12.0. The maximum absolute atomic E-state index is 13.5. The second-order valence-corrected chi connectivity index (χ2v) is 10.4. The molecule has 0 radical (unpaired) electrons. The fourth-order valence-corrected chi connectivity index (χ4v) is 4.54. The van der Waals surface area contributed by atoms with Gasteiger partial charge in [-0.15, -0.1) is 0 Å². The van der Waals surface area contributed by atoms with Crippen molar-refractivity contribution in [3.8, 4) is 5.75 Å². The summed E-state index contributed by atoms with van der Waals surface area (Å²) in [6, 6.07) is 13.2. The van der Waals surface area contributed by atoms with Crippen LogP contribution in [-0.2, 0) is 26.2 Å². The Kier molecular flexibility index (Phi) is 9.72. The van der Waals surface area contributed by atoms with E-state index in [1.54, 1.807) is 31.2 Å². The average Bonchev–Trinajstić information content (AvgIpc) is 2.78. The first-order valence-electron chi connectivity index (χ1n) is 10.5. The summed E-state index contributed by atoms with van der Waals surface area (Å²) < 4.78 is 32.4. The first-order chi connectivity index (χ1) is 15.6. The standard InChI is InChI=1S/C23H30BrN3O5S/c1-5-13-25-23(29)17(2)26(15-18-9-8-10-19(24)14-18)22(28)16-27(33(4,30)31)20-11-6-7-12-21(20)32-3/h6-12,14,17H,5,13,15-16H2,1-4H3,(H,25,29)/t17-/m0/s1. The molecule has 33 heavy (non-hydrogen) atoms. The van der Waals surface area contributed by atoms with E-state index in [9.17, 15) is 18.0 Å². The first-order valence-corrected chi connectivity index (χ1v) is 13.1. The summed E-state index contributed by atoms with van der Waals surface area (Å²) in [5.74, 6) is -0.489. The molecule has 0 bridgehead atoms. The Bertz CT molecular complexity index is 1080. The van der Waals surface area contributed by atoms with E-state index in [4.69, 9.17) is 4.74 Å². The monoisotopic (exact) mass is 539 g/mol. The number of carbonyl (C=O) groups excluding carboxylic acids is 2. The van der Waals surface area contributed by atoms with Gasteiger partial charge in [-0.05, 0) is 43.2 Å². The van der Waals surface area contributed by atoms with Gasteiger partial charge in [0.25, 0.3) is 0 Å². The SMILES string of the molecule is CCCNC(=O)[C@H](C)N(Cc1cccc(Br)c1)C(=O)CN(c1ccccc1OC)S(C)(=O)=O. The zero-order valence-electron chi connectivity index (χ0n) is 19.2. The highest BCUT2D eigenvalue weighted by atomic mass is 79.9. The van der Waals surface area contributed by atoms with E-state index in [1.165, 1.54) is 12.0 Å². The van der Waals surface area contributed by atoms with E-state index in [2.05, 4.69) is 21.2 Å². The number of benzene rings is 2. The molecule has 2 aromatic rings. The Balaban J connectivity index is 2.41. The Morgan fingerprint density at radius 3 is 2.45 bits per heavy atom. The van der Waals surface area contributed by atoms with E-state index in [1.807, 2.05) is 31.2 Å². The minimum atomic E-state index is -3.82. The second kappa shape index (κ2) is 12.0. The van der Waals surface area contributed by atoms with Crippen LogP contribution in [-0.4, -0.2) is 57.6 Å². The molecule has 0 saturated heterocycles. The third-order valence-electron chi connectivity index (χ3n) is 4.99. The predicted octanol–water partition coefficient (Wildman–Crippen LogP) is 3.17. The number of amides is 2. The number of anilines is 1. The van der Waals surface area contributed by atoms with Gasteiger partial charge >= 0.3 is 0 Å². The molecule has 0 spiro atoms. The molecule has 0 aliphatic carbocycles. The summed E-state index contributed by atoms with van der Waals surface area (Å²) in [7, 11) is -2.39. The van der Waals surface area contributed by atoms with Crippen molar-refractivity contribution in [2.75, 3.05) is 30.8 Å². The highest BCUT2D eigenvalue weighted by Crippen LogP contribution is 2.29. The third kappa shape index (κ3) is 7.46. The molecule has 0 aliphatic rings. The van der Waals surface area contributed by atoms with Crippen LogP contribution < -0.4 is 14.4 Å². The van der Waals surface area contributed by atoms with Crippen LogP contribution in [0.3, 0.4) is 0 Å². The Labute approximate surface area is 204 Å². The van der Waals surface area contributed by atoms with E-state index >= 15 is 0 Å². The van der Waals surface area contributed by atoms with E-state index in [-0.39, 0.29) is 18.1 Å². The number of sulfonamides is 1. The summed E-state index contributed by atoms with van der Waals surface area (Å²) in [4.78, 5) is 27.6. The van der Waals surface area contributed by atoms with Crippen LogP contribution >= 0.6 is 15.9 Å². The Morgan fingerprint density at radius 2 is 1.85 bits per heavy atom. The maximum Gasteiger partial charge on any atom is 0.244 e. The van der Waals surface area contributed by atoms with Gasteiger partial charge in [0.2, 0.25) is 21.8 Å².